The first-order valence-corrected chi connectivity index (χ1v) is 6.00. The van der Waals surface area contributed by atoms with E-state index in [2.05, 4.69) is 6.92 Å². The van der Waals surface area contributed by atoms with Gasteiger partial charge in [-0.25, -0.2) is 0 Å². The number of hydrogen-bond donors (Lipinski definition) is 1. The van der Waals surface area contributed by atoms with Gasteiger partial charge in [0.2, 0.25) is 0 Å². The molecule has 0 unspecified atom stereocenters. The molecule has 0 spiro atoms. The van der Waals surface area contributed by atoms with E-state index in [1.807, 2.05) is 60.7 Å². The van der Waals surface area contributed by atoms with Crippen LogP contribution in [0.2, 0.25) is 0 Å². The summed E-state index contributed by atoms with van der Waals surface area (Å²) in [6.07, 6.45) is 2.01. The zero-order chi connectivity index (χ0) is 12.8. The Kier molecular flexibility index (Phi) is 4.15. The number of nitrogens with two attached hydrogens (primary N) is 1. The summed E-state index contributed by atoms with van der Waals surface area (Å²) in [5.41, 5.74) is 7.85. The van der Waals surface area contributed by atoms with Crippen LogP contribution in [-0.4, -0.2) is 6.54 Å². The van der Waals surface area contributed by atoms with E-state index in [0.717, 1.165) is 11.5 Å². The Hall–Kier alpha value is -2.06. The molecule has 0 aliphatic carbocycles. The van der Waals surface area contributed by atoms with Gasteiger partial charge in [-0.1, -0.05) is 36.4 Å². The van der Waals surface area contributed by atoms with Crippen LogP contribution in [0, 0.1) is 0 Å². The first kappa shape index (κ1) is 12.4. The van der Waals surface area contributed by atoms with Gasteiger partial charge in [-0.3, -0.25) is 0 Å². The van der Waals surface area contributed by atoms with E-state index in [1.54, 1.807) is 0 Å². The summed E-state index contributed by atoms with van der Waals surface area (Å²) in [5.74, 6) is 1.69. The largest absolute Gasteiger partial charge is 0.457 e. The number of ether oxygens (including phenoxy) is 1. The number of allylic oxidation sites excluding steroid dienone is 1. The molecule has 0 aliphatic heterocycles. The maximum Gasteiger partial charge on any atom is 0.127 e. The lowest BCUT2D eigenvalue weighted by molar-refractivity contribution is 0.482. The molecule has 0 fully saturated rings. The van der Waals surface area contributed by atoms with Crippen LogP contribution in [0.5, 0.6) is 11.5 Å². The van der Waals surface area contributed by atoms with Crippen LogP contribution in [0.25, 0.3) is 5.57 Å². The van der Waals surface area contributed by atoms with Gasteiger partial charge in [0.15, 0.2) is 0 Å². The fraction of sp³-hybridized carbons (Fsp3) is 0.125. The summed E-state index contributed by atoms with van der Waals surface area (Å²) in [7, 11) is 0. The minimum atomic E-state index is 0.564. The molecule has 2 rings (SSSR count). The fourth-order valence-corrected chi connectivity index (χ4v) is 1.71. The van der Waals surface area contributed by atoms with Gasteiger partial charge in [0.1, 0.15) is 11.5 Å². The predicted octanol–water partition coefficient (Wildman–Crippen LogP) is 3.84. The third kappa shape index (κ3) is 3.22. The summed E-state index contributed by atoms with van der Waals surface area (Å²) in [6, 6.07) is 17.8. The minimum absolute atomic E-state index is 0.564. The number of hydrogen-bond acceptors (Lipinski definition) is 2. The van der Waals surface area contributed by atoms with Crippen LogP contribution in [0.15, 0.2) is 60.7 Å². The first-order valence-electron chi connectivity index (χ1n) is 6.00. The Morgan fingerprint density at radius 3 is 2.22 bits per heavy atom. The van der Waals surface area contributed by atoms with Crippen molar-refractivity contribution in [3.8, 4) is 11.5 Å². The molecular weight excluding hydrogens is 222 g/mol. The van der Waals surface area contributed by atoms with Gasteiger partial charge >= 0.3 is 0 Å². The molecule has 0 saturated carbocycles. The maximum atomic E-state index is 5.73. The molecule has 18 heavy (non-hydrogen) atoms. The molecule has 0 bridgehead atoms. The number of benzene rings is 2. The van der Waals surface area contributed by atoms with Gasteiger partial charge in [-0.2, -0.15) is 0 Å². The van der Waals surface area contributed by atoms with E-state index in [9.17, 15) is 0 Å². The van der Waals surface area contributed by atoms with E-state index in [-0.39, 0.29) is 0 Å². The Labute approximate surface area is 108 Å². The molecule has 92 valence electrons. The van der Waals surface area contributed by atoms with E-state index in [4.69, 9.17) is 10.5 Å². The number of rotatable bonds is 4. The molecule has 0 aliphatic rings. The highest BCUT2D eigenvalue weighted by molar-refractivity contribution is 5.64. The quantitative estimate of drug-likeness (QED) is 0.879. The minimum Gasteiger partial charge on any atom is -0.457 e. The maximum absolute atomic E-state index is 5.73. The summed E-state index contributed by atoms with van der Waals surface area (Å²) < 4.78 is 5.73. The molecule has 0 amide bonds. The molecule has 0 radical (unpaired) electrons. The van der Waals surface area contributed by atoms with Crippen molar-refractivity contribution in [1.29, 1.82) is 0 Å². The van der Waals surface area contributed by atoms with Crippen molar-refractivity contribution in [2.75, 3.05) is 6.54 Å². The van der Waals surface area contributed by atoms with Crippen LogP contribution in [0.3, 0.4) is 0 Å². The van der Waals surface area contributed by atoms with Crippen molar-refractivity contribution in [3.05, 3.63) is 66.2 Å². The molecule has 0 heterocycles. The highest BCUT2D eigenvalue weighted by atomic mass is 16.5. The predicted molar refractivity (Wildman–Crippen MR) is 75.7 cm³/mol. The van der Waals surface area contributed by atoms with Gasteiger partial charge in [0, 0.05) is 6.54 Å². The van der Waals surface area contributed by atoms with Crippen molar-refractivity contribution >= 4 is 5.57 Å². The lowest BCUT2D eigenvalue weighted by Gasteiger charge is -2.07. The summed E-state index contributed by atoms with van der Waals surface area (Å²) in [5, 5.41) is 0. The van der Waals surface area contributed by atoms with Gasteiger partial charge in [-0.05, 0) is 42.3 Å². The molecule has 2 aromatic carbocycles. The SMILES string of the molecule is CC(=CCN)c1ccc(Oc2ccccc2)cc1. The number of para-hydroxylation sites is 1. The second-order valence-corrected chi connectivity index (χ2v) is 4.06. The summed E-state index contributed by atoms with van der Waals surface area (Å²) in [6.45, 7) is 2.62. The second-order valence-electron chi connectivity index (χ2n) is 4.06. The van der Waals surface area contributed by atoms with E-state index >= 15 is 0 Å². The van der Waals surface area contributed by atoms with Crippen molar-refractivity contribution in [2.45, 2.75) is 6.92 Å². The molecule has 0 saturated heterocycles. The van der Waals surface area contributed by atoms with Crippen molar-refractivity contribution in [2.24, 2.45) is 5.73 Å². The van der Waals surface area contributed by atoms with E-state index < -0.39 is 0 Å². The Morgan fingerprint density at radius 1 is 1.00 bits per heavy atom. The van der Waals surface area contributed by atoms with Crippen LogP contribution in [-0.2, 0) is 0 Å². The summed E-state index contributed by atoms with van der Waals surface area (Å²) >= 11 is 0. The molecule has 0 atom stereocenters. The molecule has 2 N–H and O–H groups in total. The van der Waals surface area contributed by atoms with Crippen molar-refractivity contribution < 1.29 is 4.74 Å². The topological polar surface area (TPSA) is 35.2 Å². The highest BCUT2D eigenvalue weighted by Crippen LogP contribution is 2.23. The molecule has 2 aromatic rings. The Bertz CT molecular complexity index is 515. The monoisotopic (exact) mass is 239 g/mol. The zero-order valence-electron chi connectivity index (χ0n) is 10.5. The third-order valence-electron chi connectivity index (χ3n) is 2.71. The molecule has 2 nitrogen and oxygen atoms in total. The standard InChI is InChI=1S/C16H17NO/c1-13(11-12-17)14-7-9-16(10-8-14)18-15-5-3-2-4-6-15/h2-11H,12,17H2,1H3. The Morgan fingerprint density at radius 2 is 1.61 bits per heavy atom. The Balaban J connectivity index is 2.11. The lowest BCUT2D eigenvalue weighted by atomic mass is 10.1. The zero-order valence-corrected chi connectivity index (χ0v) is 10.5. The third-order valence-corrected chi connectivity index (χ3v) is 2.71. The van der Waals surface area contributed by atoms with Gasteiger partial charge in [0.25, 0.3) is 0 Å². The van der Waals surface area contributed by atoms with E-state index in [1.165, 1.54) is 11.1 Å². The van der Waals surface area contributed by atoms with Crippen LogP contribution >= 0.6 is 0 Å². The van der Waals surface area contributed by atoms with Crippen molar-refractivity contribution in [3.63, 3.8) is 0 Å². The van der Waals surface area contributed by atoms with Gasteiger partial charge in [0.05, 0.1) is 0 Å². The fourth-order valence-electron chi connectivity index (χ4n) is 1.71. The highest BCUT2D eigenvalue weighted by Gasteiger charge is 1.98. The average molecular weight is 239 g/mol. The second kappa shape index (κ2) is 6.03. The van der Waals surface area contributed by atoms with Crippen LogP contribution < -0.4 is 10.5 Å². The summed E-state index contributed by atoms with van der Waals surface area (Å²) in [4.78, 5) is 0. The van der Waals surface area contributed by atoms with Crippen molar-refractivity contribution in [1.82, 2.24) is 0 Å². The average Bonchev–Trinajstić information content (AvgIpc) is 2.41. The van der Waals surface area contributed by atoms with Gasteiger partial charge in [-0.15, -0.1) is 0 Å². The van der Waals surface area contributed by atoms with E-state index in [0.29, 0.717) is 6.54 Å². The lowest BCUT2D eigenvalue weighted by Crippen LogP contribution is -1.94. The van der Waals surface area contributed by atoms with Crippen LogP contribution in [0.4, 0.5) is 0 Å². The molecular formula is C16H17NO. The van der Waals surface area contributed by atoms with Crippen LogP contribution in [0.1, 0.15) is 12.5 Å². The first-order chi connectivity index (χ1) is 8.79. The normalized spacial score (nSPS) is 11.3. The molecule has 0 aromatic heterocycles. The molecule has 2 heteroatoms. The van der Waals surface area contributed by atoms with Gasteiger partial charge < -0.3 is 10.5 Å². The smallest absolute Gasteiger partial charge is 0.127 e.